The van der Waals surface area contributed by atoms with Crippen molar-refractivity contribution in [2.24, 2.45) is 0 Å². The Balaban J connectivity index is 1.50. The van der Waals surface area contributed by atoms with Gasteiger partial charge in [-0.25, -0.2) is 4.39 Å². The highest BCUT2D eigenvalue weighted by atomic mass is 32.2. The van der Waals surface area contributed by atoms with E-state index in [2.05, 4.69) is 5.32 Å². The molecule has 28 heavy (non-hydrogen) atoms. The van der Waals surface area contributed by atoms with Gasteiger partial charge in [0.15, 0.2) is 0 Å². The molecule has 1 atom stereocenters. The molecule has 0 aliphatic carbocycles. The van der Waals surface area contributed by atoms with E-state index in [-0.39, 0.29) is 23.6 Å². The average Bonchev–Trinajstić information content (AvgIpc) is 2.92. The fourth-order valence-electron chi connectivity index (χ4n) is 3.26. The Bertz CT molecular complexity index is 1090. The van der Waals surface area contributed by atoms with Gasteiger partial charge in [0.25, 0.3) is 5.24 Å². The van der Waals surface area contributed by atoms with Crippen molar-refractivity contribution in [2.45, 2.75) is 17.7 Å². The molecule has 0 spiro atoms. The standard InChI is InChI=1S/C21H17BFNO3S/c22-21(19(25)24-20(26)28-21)11-13-5-6-15-10-17(8-7-14(15)9-13)27-12-16-3-1-2-4-18(16)23/h1-10H,11-12,22H2,(H,24,25,26)/t21-/m1/s1. The van der Waals surface area contributed by atoms with Crippen LogP contribution in [-0.4, -0.2) is 23.6 Å². The number of amides is 2. The Morgan fingerprint density at radius 3 is 2.54 bits per heavy atom. The molecule has 4 nitrogen and oxygen atoms in total. The Morgan fingerprint density at radius 1 is 1.04 bits per heavy atom. The normalized spacial score (nSPS) is 19.0. The van der Waals surface area contributed by atoms with E-state index < -0.39 is 4.65 Å². The first-order valence-corrected chi connectivity index (χ1v) is 9.68. The van der Waals surface area contributed by atoms with E-state index in [4.69, 9.17) is 4.74 Å². The van der Waals surface area contributed by atoms with Crippen LogP contribution in [0.4, 0.5) is 9.18 Å². The second-order valence-electron chi connectivity index (χ2n) is 6.97. The van der Waals surface area contributed by atoms with Gasteiger partial charge in [0, 0.05) is 5.56 Å². The molecular formula is C21H17BFNO3S. The second kappa shape index (κ2) is 7.32. The van der Waals surface area contributed by atoms with Crippen LogP contribution in [0.1, 0.15) is 11.1 Å². The van der Waals surface area contributed by atoms with Gasteiger partial charge < -0.3 is 4.74 Å². The third-order valence-electron chi connectivity index (χ3n) is 4.78. The van der Waals surface area contributed by atoms with Gasteiger partial charge in [-0.1, -0.05) is 54.2 Å². The van der Waals surface area contributed by atoms with Crippen LogP contribution >= 0.6 is 11.8 Å². The molecule has 2 amide bonds. The van der Waals surface area contributed by atoms with Crippen molar-refractivity contribution in [1.29, 1.82) is 0 Å². The number of hydrogen-bond donors (Lipinski definition) is 1. The average molecular weight is 393 g/mol. The molecule has 1 fully saturated rings. The summed E-state index contributed by atoms with van der Waals surface area (Å²) in [6.45, 7) is 0.162. The predicted octanol–water partition coefficient (Wildman–Crippen LogP) is 3.41. The molecule has 0 unspecified atom stereocenters. The summed E-state index contributed by atoms with van der Waals surface area (Å²) >= 11 is 1.03. The maximum absolute atomic E-state index is 13.7. The highest BCUT2D eigenvalue weighted by molar-refractivity contribution is 8.17. The zero-order chi connectivity index (χ0) is 19.7. The van der Waals surface area contributed by atoms with E-state index in [1.807, 2.05) is 36.4 Å². The Kier molecular flexibility index (Phi) is 4.85. The van der Waals surface area contributed by atoms with E-state index >= 15 is 0 Å². The van der Waals surface area contributed by atoms with E-state index in [9.17, 15) is 14.0 Å². The highest BCUT2D eigenvalue weighted by Crippen LogP contribution is 2.33. The fraction of sp³-hybridized carbons (Fsp3) is 0.143. The lowest BCUT2D eigenvalue weighted by molar-refractivity contribution is -0.119. The summed E-state index contributed by atoms with van der Waals surface area (Å²) in [4.78, 5) is 23.5. The maximum Gasteiger partial charge on any atom is 0.285 e. The number of carbonyl (C=O) groups excluding carboxylic acids is 2. The van der Waals surface area contributed by atoms with Gasteiger partial charge in [-0.15, -0.1) is 0 Å². The number of fused-ring (bicyclic) bond motifs is 1. The maximum atomic E-state index is 13.7. The molecule has 7 heteroatoms. The van der Waals surface area contributed by atoms with E-state index in [0.717, 1.165) is 28.1 Å². The number of carbonyl (C=O) groups is 2. The Morgan fingerprint density at radius 2 is 1.79 bits per heavy atom. The molecule has 0 radical (unpaired) electrons. The first-order chi connectivity index (χ1) is 13.4. The summed E-state index contributed by atoms with van der Waals surface area (Å²) in [5, 5.41) is 4.04. The van der Waals surface area contributed by atoms with Gasteiger partial charge >= 0.3 is 0 Å². The molecule has 1 saturated heterocycles. The molecule has 0 saturated carbocycles. The van der Waals surface area contributed by atoms with Gasteiger partial charge in [0.05, 0.1) is 4.65 Å². The van der Waals surface area contributed by atoms with Crippen LogP contribution < -0.4 is 10.1 Å². The quantitative estimate of drug-likeness (QED) is 0.675. The molecule has 1 aliphatic rings. The third-order valence-corrected chi connectivity index (χ3v) is 5.85. The summed E-state index contributed by atoms with van der Waals surface area (Å²) in [6, 6.07) is 18.1. The lowest BCUT2D eigenvalue weighted by atomic mass is 9.80. The van der Waals surface area contributed by atoms with Crippen LogP contribution in [0.25, 0.3) is 10.8 Å². The van der Waals surface area contributed by atoms with Crippen molar-refractivity contribution in [3.05, 3.63) is 77.6 Å². The van der Waals surface area contributed by atoms with Gasteiger partial charge in [-0.3, -0.25) is 14.9 Å². The number of imide groups is 1. The molecule has 3 aromatic carbocycles. The molecule has 1 N–H and O–H groups in total. The van der Waals surface area contributed by atoms with Crippen LogP contribution in [0.5, 0.6) is 5.75 Å². The van der Waals surface area contributed by atoms with E-state index in [1.165, 1.54) is 6.07 Å². The molecular weight excluding hydrogens is 376 g/mol. The SMILES string of the molecule is B[C@]1(Cc2ccc3cc(OCc4ccccc4F)ccc3c2)SC(=O)NC1=O. The zero-order valence-corrected chi connectivity index (χ0v) is 16.0. The Hall–Kier alpha value is -2.80. The number of thioether (sulfide) groups is 1. The minimum Gasteiger partial charge on any atom is -0.489 e. The van der Waals surface area contributed by atoms with Crippen LogP contribution in [0.2, 0.25) is 0 Å². The van der Waals surface area contributed by atoms with Crippen LogP contribution in [-0.2, 0) is 17.8 Å². The smallest absolute Gasteiger partial charge is 0.285 e. The number of hydrogen-bond acceptors (Lipinski definition) is 4. The number of benzene rings is 3. The summed E-state index contributed by atoms with van der Waals surface area (Å²) in [7, 11) is 1.78. The lowest BCUT2D eigenvalue weighted by Gasteiger charge is -2.18. The highest BCUT2D eigenvalue weighted by Gasteiger charge is 2.43. The molecule has 1 heterocycles. The number of halogens is 1. The minimum absolute atomic E-state index is 0.162. The van der Waals surface area contributed by atoms with Crippen molar-refractivity contribution < 1.29 is 18.7 Å². The largest absolute Gasteiger partial charge is 0.489 e. The molecule has 3 aromatic rings. The minimum atomic E-state index is -0.784. The first-order valence-electron chi connectivity index (χ1n) is 8.86. The number of ether oxygens (including phenoxy) is 1. The third kappa shape index (κ3) is 3.75. The van der Waals surface area contributed by atoms with Crippen molar-refractivity contribution in [2.75, 3.05) is 0 Å². The zero-order valence-electron chi connectivity index (χ0n) is 15.2. The number of nitrogens with one attached hydrogen (secondary N) is 1. The summed E-state index contributed by atoms with van der Waals surface area (Å²) in [5.41, 5.74) is 1.49. The monoisotopic (exact) mass is 393 g/mol. The van der Waals surface area contributed by atoms with E-state index in [0.29, 0.717) is 17.7 Å². The molecule has 0 bridgehead atoms. The summed E-state index contributed by atoms with van der Waals surface area (Å²) in [5.74, 6) is 0.125. The van der Waals surface area contributed by atoms with Crippen LogP contribution in [0.3, 0.4) is 0 Å². The van der Waals surface area contributed by atoms with Gasteiger partial charge in [0.1, 0.15) is 26.0 Å². The molecule has 4 rings (SSSR count). The van der Waals surface area contributed by atoms with Crippen LogP contribution in [0.15, 0.2) is 60.7 Å². The Labute approximate surface area is 166 Å². The fourth-order valence-corrected chi connectivity index (χ4v) is 4.19. The van der Waals surface area contributed by atoms with Crippen molar-refractivity contribution in [3.63, 3.8) is 0 Å². The van der Waals surface area contributed by atoms with Crippen molar-refractivity contribution >= 4 is 41.5 Å². The van der Waals surface area contributed by atoms with Gasteiger partial charge in [-0.05, 0) is 41.0 Å². The molecule has 0 aromatic heterocycles. The summed E-state index contributed by atoms with van der Waals surface area (Å²) < 4.78 is 18.7. The predicted molar refractivity (Wildman–Crippen MR) is 111 cm³/mol. The van der Waals surface area contributed by atoms with Gasteiger partial charge in [-0.2, -0.15) is 0 Å². The molecule has 140 valence electrons. The summed E-state index contributed by atoms with van der Waals surface area (Å²) in [6.07, 6.45) is 0.469. The van der Waals surface area contributed by atoms with Gasteiger partial charge in [0.2, 0.25) is 5.91 Å². The van der Waals surface area contributed by atoms with Crippen molar-refractivity contribution in [1.82, 2.24) is 5.32 Å². The van der Waals surface area contributed by atoms with Crippen LogP contribution in [0, 0.1) is 5.82 Å². The van der Waals surface area contributed by atoms with E-state index in [1.54, 1.807) is 26.0 Å². The molecule has 1 aliphatic heterocycles. The van der Waals surface area contributed by atoms with Crippen molar-refractivity contribution in [3.8, 4) is 5.75 Å². The second-order valence-corrected chi connectivity index (χ2v) is 8.45. The first kappa shape index (κ1) is 18.6. The number of rotatable bonds is 5. The lowest BCUT2D eigenvalue weighted by Crippen LogP contribution is -2.38. The topological polar surface area (TPSA) is 55.4 Å².